The number of aliphatic carboxylic acids is 1. The van der Waals surface area contributed by atoms with Crippen LogP contribution in [0.3, 0.4) is 0 Å². The minimum Gasteiger partial charge on any atom is -0.478 e. The number of hydrogen-bond acceptors (Lipinski definition) is 6. The van der Waals surface area contributed by atoms with Crippen molar-refractivity contribution in [3.8, 4) is 0 Å². The Hall–Kier alpha value is -4.27. The van der Waals surface area contributed by atoms with E-state index in [4.69, 9.17) is 9.90 Å². The zero-order valence-corrected chi connectivity index (χ0v) is 19.5. The van der Waals surface area contributed by atoms with Crippen molar-refractivity contribution in [3.63, 3.8) is 0 Å². The first-order valence-electron chi connectivity index (χ1n) is 9.88. The first kappa shape index (κ1) is 29.0. The van der Waals surface area contributed by atoms with Gasteiger partial charge in [0.05, 0.1) is 16.8 Å². The van der Waals surface area contributed by atoms with Gasteiger partial charge in [-0.15, -0.1) is 0 Å². The number of benzene rings is 2. The van der Waals surface area contributed by atoms with Crippen molar-refractivity contribution in [2.24, 2.45) is 0 Å². The third-order valence-electron chi connectivity index (χ3n) is 4.42. The number of carboxylic acids is 2. The van der Waals surface area contributed by atoms with Gasteiger partial charge in [0.2, 0.25) is 0 Å². The van der Waals surface area contributed by atoms with E-state index in [1.54, 1.807) is 11.9 Å². The lowest BCUT2D eigenvalue weighted by molar-refractivity contribution is -0.192. The highest BCUT2D eigenvalue weighted by Gasteiger charge is 2.38. The van der Waals surface area contributed by atoms with Crippen LogP contribution in [-0.4, -0.2) is 48.8 Å². The number of anilines is 2. The maximum atomic E-state index is 13.4. The third-order valence-corrected chi connectivity index (χ3v) is 5.80. The number of carbonyl (C=O) groups is 2. The van der Waals surface area contributed by atoms with Gasteiger partial charge < -0.3 is 15.1 Å². The van der Waals surface area contributed by atoms with E-state index in [9.17, 15) is 40.3 Å². The molecule has 0 saturated carbocycles. The Balaban J connectivity index is 0.000000604. The molecule has 198 valence electrons. The molecule has 3 N–H and O–H groups in total. The van der Waals surface area contributed by atoms with E-state index >= 15 is 0 Å². The number of nitrogens with one attached hydrogen (secondary N) is 1. The molecule has 0 aliphatic rings. The summed E-state index contributed by atoms with van der Waals surface area (Å²) < 4.78 is 85.1. The van der Waals surface area contributed by atoms with Crippen LogP contribution in [0.2, 0.25) is 0 Å². The van der Waals surface area contributed by atoms with E-state index in [0.717, 1.165) is 23.9 Å². The zero-order valence-electron chi connectivity index (χ0n) is 18.7. The maximum Gasteiger partial charge on any atom is 0.490 e. The van der Waals surface area contributed by atoms with E-state index < -0.39 is 44.7 Å². The second-order valence-electron chi connectivity index (χ2n) is 7.23. The highest BCUT2D eigenvalue weighted by atomic mass is 32.2. The molecule has 1 heterocycles. The van der Waals surface area contributed by atoms with Gasteiger partial charge >= 0.3 is 18.1 Å². The van der Waals surface area contributed by atoms with Crippen LogP contribution in [0.1, 0.15) is 15.9 Å². The molecule has 0 atom stereocenters. The van der Waals surface area contributed by atoms with Gasteiger partial charge in [0.25, 0.3) is 10.0 Å². The Morgan fingerprint density at radius 3 is 2.11 bits per heavy atom. The van der Waals surface area contributed by atoms with E-state index in [2.05, 4.69) is 9.71 Å². The number of carboxylic acid groups (broad SMARTS) is 2. The molecule has 0 aliphatic carbocycles. The highest BCUT2D eigenvalue weighted by Crippen LogP contribution is 2.24. The SMILES string of the molecule is CN(Cc1ccccc1)c1ncc(NS(=O)(=O)c2ccc(F)c(F)c2)cc1C(=O)O.O=C(O)C(F)(F)F. The summed E-state index contributed by atoms with van der Waals surface area (Å²) in [6.45, 7) is 0.383. The summed E-state index contributed by atoms with van der Waals surface area (Å²) in [5.74, 6) is -6.42. The number of halogens is 5. The monoisotopic (exact) mass is 547 g/mol. The Bertz CT molecular complexity index is 1390. The van der Waals surface area contributed by atoms with Crippen molar-refractivity contribution in [3.05, 3.63) is 83.6 Å². The second kappa shape index (κ2) is 11.6. The van der Waals surface area contributed by atoms with Crippen molar-refractivity contribution < 1.29 is 50.2 Å². The van der Waals surface area contributed by atoms with Gasteiger partial charge in [-0.2, -0.15) is 13.2 Å². The average molecular weight is 547 g/mol. The maximum absolute atomic E-state index is 13.4. The summed E-state index contributed by atoms with van der Waals surface area (Å²) >= 11 is 0. The predicted octanol–water partition coefficient (Wildman–Crippen LogP) is 4.13. The summed E-state index contributed by atoms with van der Waals surface area (Å²) in [6, 6.07) is 12.5. The predicted molar refractivity (Wildman–Crippen MR) is 121 cm³/mol. The molecule has 0 amide bonds. The van der Waals surface area contributed by atoms with Crippen LogP contribution in [-0.2, 0) is 21.4 Å². The third kappa shape index (κ3) is 8.13. The number of sulfonamides is 1. The molecule has 3 rings (SSSR count). The Morgan fingerprint density at radius 1 is 1.00 bits per heavy atom. The average Bonchev–Trinajstić information content (AvgIpc) is 2.80. The number of hydrogen-bond donors (Lipinski definition) is 3. The molecule has 0 saturated heterocycles. The highest BCUT2D eigenvalue weighted by molar-refractivity contribution is 7.92. The lowest BCUT2D eigenvalue weighted by Gasteiger charge is -2.20. The van der Waals surface area contributed by atoms with Crippen LogP contribution in [0.25, 0.3) is 0 Å². The second-order valence-corrected chi connectivity index (χ2v) is 8.91. The van der Waals surface area contributed by atoms with Crippen molar-refractivity contribution >= 4 is 33.5 Å². The molecule has 15 heteroatoms. The van der Waals surface area contributed by atoms with Crippen molar-refractivity contribution in [2.45, 2.75) is 17.6 Å². The fourth-order valence-corrected chi connectivity index (χ4v) is 3.81. The molecular formula is C22H18F5N3O6S. The minimum atomic E-state index is -5.08. The Kier molecular flexibility index (Phi) is 9.11. The molecule has 0 bridgehead atoms. The number of aromatic nitrogens is 1. The van der Waals surface area contributed by atoms with Crippen molar-refractivity contribution in [1.29, 1.82) is 0 Å². The lowest BCUT2D eigenvalue weighted by Crippen LogP contribution is -2.21. The van der Waals surface area contributed by atoms with Crippen molar-refractivity contribution in [2.75, 3.05) is 16.7 Å². The van der Waals surface area contributed by atoms with Gasteiger partial charge in [-0.25, -0.2) is 31.8 Å². The topological polar surface area (TPSA) is 137 Å². The van der Waals surface area contributed by atoms with Gasteiger partial charge in [-0.05, 0) is 29.8 Å². The molecule has 0 spiro atoms. The first-order valence-corrected chi connectivity index (χ1v) is 11.4. The quantitative estimate of drug-likeness (QED) is 0.376. The molecule has 2 aromatic carbocycles. The smallest absolute Gasteiger partial charge is 0.478 e. The fraction of sp³-hybridized carbons (Fsp3) is 0.136. The van der Waals surface area contributed by atoms with Gasteiger partial charge in [-0.3, -0.25) is 4.72 Å². The summed E-state index contributed by atoms with van der Waals surface area (Å²) in [6.07, 6.45) is -3.93. The number of pyridine rings is 1. The van der Waals surface area contributed by atoms with Gasteiger partial charge in [0, 0.05) is 13.6 Å². The van der Waals surface area contributed by atoms with Crippen LogP contribution in [0.4, 0.5) is 33.5 Å². The van der Waals surface area contributed by atoms with Crippen LogP contribution in [0, 0.1) is 11.6 Å². The van der Waals surface area contributed by atoms with Gasteiger partial charge in [0.15, 0.2) is 11.6 Å². The van der Waals surface area contributed by atoms with E-state index in [0.29, 0.717) is 18.7 Å². The molecule has 0 unspecified atom stereocenters. The fourth-order valence-electron chi connectivity index (χ4n) is 2.77. The summed E-state index contributed by atoms with van der Waals surface area (Å²) in [7, 11) is -2.62. The molecular weight excluding hydrogens is 529 g/mol. The summed E-state index contributed by atoms with van der Waals surface area (Å²) in [4.78, 5) is 25.8. The van der Waals surface area contributed by atoms with E-state index in [1.165, 1.54) is 0 Å². The Labute approximate surface area is 206 Å². The molecule has 0 radical (unpaired) electrons. The Morgan fingerprint density at radius 2 is 1.59 bits per heavy atom. The lowest BCUT2D eigenvalue weighted by atomic mass is 10.2. The van der Waals surface area contributed by atoms with E-state index in [1.807, 2.05) is 30.3 Å². The van der Waals surface area contributed by atoms with Gasteiger partial charge in [0.1, 0.15) is 11.4 Å². The van der Waals surface area contributed by atoms with Gasteiger partial charge in [-0.1, -0.05) is 30.3 Å². The van der Waals surface area contributed by atoms with Crippen LogP contribution < -0.4 is 9.62 Å². The molecule has 1 aromatic heterocycles. The summed E-state index contributed by atoms with van der Waals surface area (Å²) in [5.41, 5.74) is 0.578. The van der Waals surface area contributed by atoms with E-state index in [-0.39, 0.29) is 17.1 Å². The number of alkyl halides is 3. The standard InChI is InChI=1S/C20H17F2N3O4S.C2HF3O2/c1-25(12-13-5-3-2-4-6-13)19-16(20(26)27)9-14(11-23-19)24-30(28,29)15-7-8-17(21)18(22)10-15;3-2(4,5)1(6)7/h2-11,24H,12H2,1H3,(H,26,27);(H,6,7). The molecule has 37 heavy (non-hydrogen) atoms. The van der Waals surface area contributed by atoms with Crippen molar-refractivity contribution in [1.82, 2.24) is 4.98 Å². The number of nitrogens with zero attached hydrogens (tertiary/aromatic N) is 2. The largest absolute Gasteiger partial charge is 0.490 e. The molecule has 0 fully saturated rings. The van der Waals surface area contributed by atoms with Crippen LogP contribution >= 0.6 is 0 Å². The number of rotatable bonds is 7. The zero-order chi connectivity index (χ0) is 28.0. The molecule has 3 aromatic rings. The normalized spacial score (nSPS) is 11.2. The summed E-state index contributed by atoms with van der Waals surface area (Å²) in [5, 5.41) is 16.7. The number of aromatic carboxylic acids is 1. The minimum absolute atomic E-state index is 0.131. The molecule has 0 aliphatic heterocycles. The molecule has 9 nitrogen and oxygen atoms in total. The van der Waals surface area contributed by atoms with Crippen LogP contribution in [0.15, 0.2) is 65.7 Å². The van der Waals surface area contributed by atoms with Crippen LogP contribution in [0.5, 0.6) is 0 Å². The first-order chi connectivity index (χ1) is 17.1.